The third kappa shape index (κ3) is 5.01. The maximum absolute atomic E-state index is 12.4. The quantitative estimate of drug-likeness (QED) is 0.586. The number of methoxy groups -OCH3 is 1. The first kappa shape index (κ1) is 20.1. The van der Waals surface area contributed by atoms with Gasteiger partial charge in [0.05, 0.1) is 18.6 Å². The molecule has 9 heteroatoms. The van der Waals surface area contributed by atoms with Crippen LogP contribution in [0.1, 0.15) is 10.4 Å². The van der Waals surface area contributed by atoms with Crippen LogP contribution in [-0.4, -0.2) is 61.5 Å². The summed E-state index contributed by atoms with van der Waals surface area (Å²) in [6.45, 7) is 2.29. The Morgan fingerprint density at radius 1 is 1.10 bits per heavy atom. The fourth-order valence-corrected chi connectivity index (χ4v) is 3.15. The van der Waals surface area contributed by atoms with E-state index in [1.54, 1.807) is 12.0 Å². The monoisotopic (exact) mass is 398 g/mol. The van der Waals surface area contributed by atoms with Gasteiger partial charge in [0.2, 0.25) is 5.91 Å². The van der Waals surface area contributed by atoms with Gasteiger partial charge in [-0.1, -0.05) is 12.1 Å². The second kappa shape index (κ2) is 9.05. The van der Waals surface area contributed by atoms with Gasteiger partial charge in [-0.05, 0) is 18.2 Å². The Kier molecular flexibility index (Phi) is 6.28. The zero-order valence-corrected chi connectivity index (χ0v) is 16.0. The highest BCUT2D eigenvalue weighted by atomic mass is 16.6. The molecule has 2 amide bonds. The molecule has 1 aliphatic heterocycles. The molecule has 0 radical (unpaired) electrons. The minimum absolute atomic E-state index is 0.148. The number of nitro groups is 1. The molecule has 0 bridgehead atoms. The SMILES string of the molecule is COc1cccc(N2CCN(C(=O)CNC(=O)c3cccc([N+](=O)[O-])c3)CC2)c1. The highest BCUT2D eigenvalue weighted by Crippen LogP contribution is 2.22. The topological polar surface area (TPSA) is 105 Å². The first-order chi connectivity index (χ1) is 14.0. The van der Waals surface area contributed by atoms with Crippen LogP contribution < -0.4 is 15.0 Å². The van der Waals surface area contributed by atoms with Gasteiger partial charge in [-0.25, -0.2) is 0 Å². The van der Waals surface area contributed by atoms with Crippen molar-refractivity contribution in [1.82, 2.24) is 10.2 Å². The lowest BCUT2D eigenvalue weighted by Gasteiger charge is -2.36. The van der Waals surface area contributed by atoms with Crippen LogP contribution in [0.3, 0.4) is 0 Å². The van der Waals surface area contributed by atoms with Crippen LogP contribution in [0.2, 0.25) is 0 Å². The van der Waals surface area contributed by atoms with E-state index in [0.717, 1.165) is 11.4 Å². The Labute approximate surface area is 168 Å². The molecule has 1 heterocycles. The largest absolute Gasteiger partial charge is 0.497 e. The van der Waals surface area contributed by atoms with E-state index < -0.39 is 10.8 Å². The Bertz CT molecular complexity index is 909. The van der Waals surface area contributed by atoms with Crippen LogP contribution in [0.5, 0.6) is 5.75 Å². The molecule has 0 saturated carbocycles. The van der Waals surface area contributed by atoms with Crippen LogP contribution in [0, 0.1) is 10.1 Å². The van der Waals surface area contributed by atoms with Crippen LogP contribution in [0.4, 0.5) is 11.4 Å². The molecule has 0 atom stereocenters. The van der Waals surface area contributed by atoms with Gasteiger partial charge in [-0.2, -0.15) is 0 Å². The lowest BCUT2D eigenvalue weighted by Crippen LogP contribution is -2.51. The third-order valence-corrected chi connectivity index (χ3v) is 4.77. The summed E-state index contributed by atoms with van der Waals surface area (Å²) in [6.07, 6.45) is 0. The number of piperazine rings is 1. The molecule has 0 unspecified atom stereocenters. The Hall–Kier alpha value is -3.62. The molecular formula is C20H22N4O5. The number of hydrogen-bond donors (Lipinski definition) is 1. The molecule has 1 saturated heterocycles. The van der Waals surface area contributed by atoms with Gasteiger partial charge in [0.15, 0.2) is 0 Å². The van der Waals surface area contributed by atoms with Crippen molar-refractivity contribution in [3.8, 4) is 5.75 Å². The molecule has 0 spiro atoms. The number of rotatable bonds is 6. The van der Waals surface area contributed by atoms with Crippen LogP contribution in [0.15, 0.2) is 48.5 Å². The number of anilines is 1. The average Bonchev–Trinajstić information content (AvgIpc) is 2.77. The maximum Gasteiger partial charge on any atom is 0.270 e. The smallest absolute Gasteiger partial charge is 0.270 e. The number of nitrogens with zero attached hydrogens (tertiary/aromatic N) is 3. The highest BCUT2D eigenvalue weighted by Gasteiger charge is 2.22. The maximum atomic E-state index is 12.4. The van der Waals surface area contributed by atoms with Gasteiger partial charge < -0.3 is 19.9 Å². The third-order valence-electron chi connectivity index (χ3n) is 4.77. The van der Waals surface area contributed by atoms with E-state index >= 15 is 0 Å². The predicted molar refractivity (Wildman–Crippen MR) is 107 cm³/mol. The van der Waals surface area contributed by atoms with E-state index in [2.05, 4.69) is 10.2 Å². The van der Waals surface area contributed by atoms with Gasteiger partial charge in [0.25, 0.3) is 11.6 Å². The number of nitro benzene ring substituents is 1. The molecule has 0 aliphatic carbocycles. The summed E-state index contributed by atoms with van der Waals surface area (Å²) < 4.78 is 5.25. The second-order valence-electron chi connectivity index (χ2n) is 6.56. The van der Waals surface area contributed by atoms with Crippen LogP contribution in [0.25, 0.3) is 0 Å². The number of carbonyl (C=O) groups is 2. The first-order valence-corrected chi connectivity index (χ1v) is 9.17. The summed E-state index contributed by atoms with van der Waals surface area (Å²) in [7, 11) is 1.62. The van der Waals surface area contributed by atoms with E-state index in [4.69, 9.17) is 4.74 Å². The molecule has 3 rings (SSSR count). The summed E-state index contributed by atoms with van der Waals surface area (Å²) in [5, 5.41) is 13.4. The molecule has 1 aliphatic rings. The van der Waals surface area contributed by atoms with Crippen molar-refractivity contribution in [1.29, 1.82) is 0 Å². The molecule has 152 valence electrons. The second-order valence-corrected chi connectivity index (χ2v) is 6.56. The summed E-state index contributed by atoms with van der Waals surface area (Å²) in [4.78, 5) is 38.7. The molecule has 1 fully saturated rings. The standard InChI is InChI=1S/C20H22N4O5/c1-29-18-7-3-5-16(13-18)22-8-10-23(11-9-22)19(25)14-21-20(26)15-4-2-6-17(12-15)24(27)28/h2-7,12-13H,8-11,14H2,1H3,(H,21,26). The van der Waals surface area contributed by atoms with E-state index in [1.165, 1.54) is 24.3 Å². The number of amides is 2. The van der Waals surface area contributed by atoms with Crippen molar-refractivity contribution in [2.45, 2.75) is 0 Å². The van der Waals surface area contributed by atoms with Crippen molar-refractivity contribution >= 4 is 23.2 Å². The van der Waals surface area contributed by atoms with Crippen LogP contribution >= 0.6 is 0 Å². The summed E-state index contributed by atoms with van der Waals surface area (Å²) >= 11 is 0. The highest BCUT2D eigenvalue weighted by molar-refractivity contribution is 5.97. The van der Waals surface area contributed by atoms with Gasteiger partial charge in [0.1, 0.15) is 5.75 Å². The molecule has 9 nitrogen and oxygen atoms in total. The molecular weight excluding hydrogens is 376 g/mol. The zero-order valence-electron chi connectivity index (χ0n) is 16.0. The van der Waals surface area contributed by atoms with Crippen molar-refractivity contribution < 1.29 is 19.2 Å². The average molecular weight is 398 g/mol. The minimum atomic E-state index is -0.566. The zero-order chi connectivity index (χ0) is 20.8. The predicted octanol–water partition coefficient (Wildman–Crippen LogP) is 1.68. The van der Waals surface area contributed by atoms with Crippen LogP contribution in [-0.2, 0) is 4.79 Å². The Morgan fingerprint density at radius 3 is 2.52 bits per heavy atom. The molecule has 0 aromatic heterocycles. The van der Waals surface area contributed by atoms with Gasteiger partial charge in [-0.15, -0.1) is 0 Å². The summed E-state index contributed by atoms with van der Waals surface area (Å²) in [5.41, 5.74) is 1.02. The number of benzene rings is 2. The number of hydrogen-bond acceptors (Lipinski definition) is 6. The molecule has 29 heavy (non-hydrogen) atoms. The Morgan fingerprint density at radius 2 is 1.83 bits per heavy atom. The fourth-order valence-electron chi connectivity index (χ4n) is 3.15. The number of non-ortho nitro benzene ring substituents is 1. The van der Waals surface area contributed by atoms with Gasteiger partial charge >= 0.3 is 0 Å². The summed E-state index contributed by atoms with van der Waals surface area (Å²) in [5.74, 6) is 0.0796. The Balaban J connectivity index is 1.50. The van der Waals surface area contributed by atoms with E-state index in [-0.39, 0.29) is 23.7 Å². The number of carbonyl (C=O) groups excluding carboxylic acids is 2. The van der Waals surface area contributed by atoms with Gasteiger partial charge in [0, 0.05) is 55.6 Å². The van der Waals surface area contributed by atoms with Crippen molar-refractivity contribution in [2.75, 3.05) is 44.7 Å². The minimum Gasteiger partial charge on any atom is -0.497 e. The van der Waals surface area contributed by atoms with Gasteiger partial charge in [-0.3, -0.25) is 19.7 Å². The summed E-state index contributed by atoms with van der Waals surface area (Å²) in [6, 6.07) is 13.2. The fraction of sp³-hybridized carbons (Fsp3) is 0.300. The van der Waals surface area contributed by atoms with E-state index in [0.29, 0.717) is 26.2 Å². The lowest BCUT2D eigenvalue weighted by molar-refractivity contribution is -0.384. The normalized spacial score (nSPS) is 13.7. The lowest BCUT2D eigenvalue weighted by atomic mass is 10.2. The number of nitrogens with one attached hydrogen (secondary N) is 1. The first-order valence-electron chi connectivity index (χ1n) is 9.17. The van der Waals surface area contributed by atoms with E-state index in [1.807, 2.05) is 24.3 Å². The van der Waals surface area contributed by atoms with Crippen molar-refractivity contribution in [3.05, 3.63) is 64.2 Å². The van der Waals surface area contributed by atoms with Crippen molar-refractivity contribution in [3.63, 3.8) is 0 Å². The van der Waals surface area contributed by atoms with Crippen molar-refractivity contribution in [2.24, 2.45) is 0 Å². The molecule has 2 aromatic rings. The molecule has 1 N–H and O–H groups in total. The molecule has 2 aromatic carbocycles. The number of ether oxygens (including phenoxy) is 1. The van der Waals surface area contributed by atoms with E-state index in [9.17, 15) is 19.7 Å².